The Morgan fingerprint density at radius 1 is 1.50 bits per heavy atom. The van der Waals surface area contributed by atoms with Gasteiger partial charge in [0, 0.05) is 0 Å². The van der Waals surface area contributed by atoms with Crippen molar-refractivity contribution in [2.75, 3.05) is 0 Å². The molecular formula is C3H9N2NiO2-3. The fourth-order valence-electron chi connectivity index (χ4n) is 0. The molecule has 0 aromatic heterocycles. The van der Waals surface area contributed by atoms with Crippen LogP contribution in [0, 0.1) is 19.8 Å². The predicted molar refractivity (Wildman–Crippen MR) is 30.5 cm³/mol. The van der Waals surface area contributed by atoms with Gasteiger partial charge in [-0.2, -0.15) is 0 Å². The summed E-state index contributed by atoms with van der Waals surface area (Å²) in [6, 6.07) is 0. The molecule has 0 aromatic rings. The first kappa shape index (κ1) is 24.8. The molecule has 0 aromatic carbocycles. The minimum Gasteiger partial charge on any atom is -0.577 e. The van der Waals surface area contributed by atoms with Crippen LogP contribution in [0.5, 0.6) is 0 Å². The van der Waals surface area contributed by atoms with E-state index in [9.17, 15) is 0 Å². The normalized spacial score (nSPS) is 3.88. The van der Waals surface area contributed by atoms with Crippen LogP contribution in [0.25, 0.3) is 5.59 Å². The van der Waals surface area contributed by atoms with E-state index < -0.39 is 0 Å². The summed E-state index contributed by atoms with van der Waals surface area (Å²) in [5.41, 5.74) is 7.39. The van der Waals surface area contributed by atoms with Crippen molar-refractivity contribution in [3.05, 3.63) is 25.4 Å². The molecule has 0 saturated carbocycles. The van der Waals surface area contributed by atoms with Crippen molar-refractivity contribution in [2.24, 2.45) is 0 Å². The van der Waals surface area contributed by atoms with Crippen molar-refractivity contribution in [3.8, 4) is 0 Å². The second-order valence-electron chi connectivity index (χ2n) is 0.220. The summed E-state index contributed by atoms with van der Waals surface area (Å²) in [5.74, 6) is 0. The van der Waals surface area contributed by atoms with Gasteiger partial charge < -0.3 is 25.4 Å². The van der Waals surface area contributed by atoms with Crippen LogP contribution in [-0.2, 0) is 15.0 Å². The number of nitrogens with zero attached hydrogens (tertiary/aromatic N) is 1. The Morgan fingerprint density at radius 3 is 1.62 bits per heavy atom. The van der Waals surface area contributed by atoms with Gasteiger partial charge in [0.05, 0.1) is 0 Å². The summed E-state index contributed by atoms with van der Waals surface area (Å²) in [6.45, 7) is 0. The quantitative estimate of drug-likeness (QED) is 0.336. The van der Waals surface area contributed by atoms with Gasteiger partial charge in [0.15, 0.2) is 0 Å². The molecule has 0 atom stereocenters. The van der Waals surface area contributed by atoms with Crippen LogP contribution in [0.2, 0.25) is 0 Å². The maximum atomic E-state index is 7.48. The molecule has 0 aliphatic rings. The molecule has 0 rings (SSSR count). The molecule has 0 aliphatic heterocycles. The number of hydrogen-bond acceptors (Lipinski definition) is 3. The molecule has 4 nitrogen and oxygen atoms in total. The minimum absolute atomic E-state index is 0. The number of nitroso groups, excluding NO2 is 1. The Hall–Kier alpha value is -0.116. The summed E-state index contributed by atoms with van der Waals surface area (Å²) in [4.78, 5) is 7.25. The average molecular weight is 164 g/mol. The van der Waals surface area contributed by atoms with Crippen LogP contribution < -0.4 is 5.48 Å². The molecule has 56 valence electrons. The summed E-state index contributed by atoms with van der Waals surface area (Å²) in [6.07, 6.45) is 0. The van der Waals surface area contributed by atoms with E-state index in [0.717, 1.165) is 5.12 Å². The zero-order valence-corrected chi connectivity index (χ0v) is 5.68. The fourth-order valence-corrected chi connectivity index (χ4v) is 0. The summed E-state index contributed by atoms with van der Waals surface area (Å²) < 4.78 is 0. The Balaban J connectivity index is -0.0000000183. The fraction of sp³-hybridized carbons (Fsp3) is 0. The van der Waals surface area contributed by atoms with Gasteiger partial charge in [-0.05, 0) is 0 Å². The molecule has 0 amide bonds. The Morgan fingerprint density at radius 2 is 1.62 bits per heavy atom. The largest absolute Gasteiger partial charge is 0.577 e. The molecule has 0 saturated heterocycles. The van der Waals surface area contributed by atoms with Gasteiger partial charge in [0.1, 0.15) is 0 Å². The summed E-state index contributed by atoms with van der Waals surface area (Å²) in [5, 5.41) is 8.53. The van der Waals surface area contributed by atoms with Gasteiger partial charge in [0.25, 0.3) is 0 Å². The molecule has 8 heavy (non-hydrogen) atoms. The molecule has 5 heteroatoms. The van der Waals surface area contributed by atoms with E-state index in [1.165, 1.54) is 0 Å². The Bertz CT molecular complexity index is 36.5. The maximum Gasteiger partial charge on any atom is -0.358 e. The molecule has 0 aliphatic carbocycles. The molecule has 0 bridgehead atoms. The number of hydroxylamine groups is 1. The van der Waals surface area contributed by atoms with Crippen LogP contribution in [0.4, 0.5) is 0 Å². The van der Waals surface area contributed by atoms with Crippen molar-refractivity contribution in [2.45, 2.75) is 0 Å². The zero-order valence-electron chi connectivity index (χ0n) is 4.70. The first-order valence-electron chi connectivity index (χ1n) is 0.877. The molecule has 0 spiro atoms. The van der Waals surface area contributed by atoms with Gasteiger partial charge in [0.2, 0.25) is 0 Å². The average Bonchev–Trinajstić information content (AvgIpc) is 1.72. The predicted octanol–water partition coefficient (Wildman–Crippen LogP) is 0.494. The molecule has 0 unspecified atom stereocenters. The zero-order chi connectivity index (χ0) is 5.41. The van der Waals surface area contributed by atoms with Crippen LogP contribution in [-0.4, -0.2) is 10.3 Å². The maximum absolute atomic E-state index is 7.48. The van der Waals surface area contributed by atoms with Gasteiger partial charge in [-0.3, -0.25) is 0 Å². The smallest absolute Gasteiger partial charge is 0.358 e. The summed E-state index contributed by atoms with van der Waals surface area (Å²) in [7, 11) is 0. The van der Waals surface area contributed by atoms with Crippen LogP contribution in [0.3, 0.4) is 0 Å². The standard InChI is InChI=1S/CH3NO.2CH3.NO.Ni/c1-2-3;;;1-2;/h1-3H;2*1H3;;/q;3*-1;. The SMILES string of the molecule is ON[CH]=[Ni].[CH3-].[CH3-].[N-]=O. The molecule has 0 radical (unpaired) electrons. The van der Waals surface area contributed by atoms with Crippen molar-refractivity contribution in [1.29, 1.82) is 0 Å². The van der Waals surface area contributed by atoms with Crippen molar-refractivity contribution in [1.82, 2.24) is 5.48 Å². The first-order valence-corrected chi connectivity index (χ1v) is 1.45. The second-order valence-corrected chi connectivity index (χ2v) is 0.505. The Labute approximate surface area is 56.9 Å². The van der Waals surface area contributed by atoms with Crippen molar-refractivity contribution >= 4 is 5.12 Å². The number of rotatable bonds is 1. The first-order chi connectivity index (χ1) is 2.91. The molecule has 0 fully saturated rings. The van der Waals surface area contributed by atoms with Crippen molar-refractivity contribution in [3.63, 3.8) is 0 Å². The second kappa shape index (κ2) is 67.2. The third kappa shape index (κ3) is 180. The van der Waals surface area contributed by atoms with E-state index in [1.807, 2.05) is 0 Å². The topological polar surface area (TPSA) is 71.6 Å². The summed E-state index contributed by atoms with van der Waals surface area (Å²) >= 11 is 3.83. The van der Waals surface area contributed by atoms with Crippen LogP contribution >= 0.6 is 0 Å². The van der Waals surface area contributed by atoms with Crippen LogP contribution in [0.15, 0.2) is 0 Å². The van der Waals surface area contributed by atoms with E-state index in [1.54, 1.807) is 5.48 Å². The molecule has 2 N–H and O–H groups in total. The monoisotopic (exact) mass is 163 g/mol. The van der Waals surface area contributed by atoms with Gasteiger partial charge in [-0.1, -0.05) is 0 Å². The van der Waals surface area contributed by atoms with E-state index in [0.29, 0.717) is 0 Å². The number of hydrogen-bond donors (Lipinski definition) is 2. The van der Waals surface area contributed by atoms with Gasteiger partial charge in [-0.25, -0.2) is 0 Å². The van der Waals surface area contributed by atoms with Crippen molar-refractivity contribution < 1.29 is 20.2 Å². The van der Waals surface area contributed by atoms with E-state index >= 15 is 0 Å². The Kier molecular flexibility index (Phi) is 208. The molecular weight excluding hydrogens is 155 g/mol. The molecule has 0 heterocycles. The van der Waals surface area contributed by atoms with Crippen LogP contribution in [0.1, 0.15) is 0 Å². The minimum atomic E-state index is 0. The van der Waals surface area contributed by atoms with E-state index in [-0.39, 0.29) is 14.9 Å². The van der Waals surface area contributed by atoms with E-state index in [2.05, 4.69) is 15.0 Å². The third-order valence-corrected chi connectivity index (χ3v) is 0.168. The van der Waals surface area contributed by atoms with Gasteiger partial charge >= 0.3 is 30.8 Å². The van der Waals surface area contributed by atoms with Gasteiger partial charge in [-0.15, -0.1) is 0 Å². The van der Waals surface area contributed by atoms with E-state index in [4.69, 9.17) is 15.7 Å². The number of nitrogens with one attached hydrogen (secondary N) is 1. The third-order valence-electron chi connectivity index (χ3n) is 0.0408.